The predicted molar refractivity (Wildman–Crippen MR) is 67.2 cm³/mol. The van der Waals surface area contributed by atoms with Gasteiger partial charge in [0.2, 0.25) is 0 Å². The zero-order valence-electron chi connectivity index (χ0n) is 10.8. The number of carbonyl (C=O) groups excluding carboxylic acids is 1. The first kappa shape index (κ1) is 12.3. The van der Waals surface area contributed by atoms with Crippen molar-refractivity contribution in [1.29, 1.82) is 0 Å². The minimum atomic E-state index is -0.151. The van der Waals surface area contributed by atoms with Crippen molar-refractivity contribution in [2.75, 3.05) is 0 Å². The third-order valence-electron chi connectivity index (χ3n) is 2.67. The third kappa shape index (κ3) is 2.77. The van der Waals surface area contributed by atoms with Crippen LogP contribution in [0.2, 0.25) is 0 Å². The number of amides is 1. The Kier molecular flexibility index (Phi) is 3.45. The fourth-order valence-corrected chi connectivity index (χ4v) is 1.85. The maximum Gasteiger partial charge on any atom is 0.269 e. The van der Waals surface area contributed by atoms with Crippen LogP contribution in [0, 0.1) is 13.8 Å². The lowest BCUT2D eigenvalue weighted by molar-refractivity contribution is 0.0931. The fraction of sp³-hybridized carbons (Fsp3) is 0.417. The van der Waals surface area contributed by atoms with E-state index in [4.69, 9.17) is 0 Å². The lowest BCUT2D eigenvalue weighted by atomic mass is 10.3. The van der Waals surface area contributed by atoms with Gasteiger partial charge in [-0.05, 0) is 26.8 Å². The monoisotopic (exact) mass is 247 g/mol. The largest absolute Gasteiger partial charge is 0.346 e. The lowest BCUT2D eigenvalue weighted by Crippen LogP contribution is -2.36. The Morgan fingerprint density at radius 2 is 2.33 bits per heavy atom. The molecule has 0 aliphatic heterocycles. The summed E-state index contributed by atoms with van der Waals surface area (Å²) < 4.78 is 1.90. The summed E-state index contributed by atoms with van der Waals surface area (Å²) in [7, 11) is 0. The smallest absolute Gasteiger partial charge is 0.269 e. The Bertz CT molecular complexity index is 529. The van der Waals surface area contributed by atoms with Crippen molar-refractivity contribution in [3.8, 4) is 0 Å². The number of H-pyrrole nitrogens is 1. The summed E-state index contributed by atoms with van der Waals surface area (Å²) in [4.78, 5) is 18.4. The van der Waals surface area contributed by atoms with Gasteiger partial charge in [-0.25, -0.2) is 4.98 Å². The van der Waals surface area contributed by atoms with Crippen LogP contribution in [0.1, 0.15) is 28.8 Å². The molecule has 0 aliphatic rings. The van der Waals surface area contributed by atoms with E-state index >= 15 is 0 Å². The van der Waals surface area contributed by atoms with E-state index in [1.54, 1.807) is 0 Å². The van der Waals surface area contributed by atoms with Crippen molar-refractivity contribution < 1.29 is 4.79 Å². The van der Waals surface area contributed by atoms with Gasteiger partial charge in [0.05, 0.1) is 24.8 Å². The molecule has 0 radical (unpaired) electrons. The van der Waals surface area contributed by atoms with Gasteiger partial charge in [0.1, 0.15) is 5.69 Å². The molecule has 2 N–H and O–H groups in total. The number of nitrogens with one attached hydrogen (secondary N) is 2. The molecule has 0 aliphatic carbocycles. The zero-order valence-corrected chi connectivity index (χ0v) is 10.8. The highest BCUT2D eigenvalue weighted by Crippen LogP contribution is 2.03. The molecule has 18 heavy (non-hydrogen) atoms. The molecule has 2 aromatic heterocycles. The van der Waals surface area contributed by atoms with Crippen LogP contribution in [0.4, 0.5) is 0 Å². The highest BCUT2D eigenvalue weighted by atomic mass is 16.2. The number of hydrogen-bond donors (Lipinski definition) is 2. The van der Waals surface area contributed by atoms with Gasteiger partial charge < -0.3 is 10.3 Å². The van der Waals surface area contributed by atoms with Crippen LogP contribution in [0.5, 0.6) is 0 Å². The highest BCUT2D eigenvalue weighted by molar-refractivity contribution is 5.92. The molecule has 2 rings (SSSR count). The number of carbonyl (C=O) groups is 1. The van der Waals surface area contributed by atoms with Crippen LogP contribution in [-0.4, -0.2) is 31.7 Å². The molecule has 0 spiro atoms. The summed E-state index contributed by atoms with van der Waals surface area (Å²) in [5.41, 5.74) is 2.55. The van der Waals surface area contributed by atoms with Crippen molar-refractivity contribution in [3.05, 3.63) is 35.7 Å². The van der Waals surface area contributed by atoms with Gasteiger partial charge in [-0.1, -0.05) is 0 Å². The van der Waals surface area contributed by atoms with Gasteiger partial charge in [0.15, 0.2) is 0 Å². The van der Waals surface area contributed by atoms with Gasteiger partial charge >= 0.3 is 0 Å². The van der Waals surface area contributed by atoms with E-state index in [0.29, 0.717) is 12.2 Å². The van der Waals surface area contributed by atoms with Crippen LogP contribution in [0.25, 0.3) is 0 Å². The van der Waals surface area contributed by atoms with Gasteiger partial charge in [0.25, 0.3) is 5.91 Å². The molecule has 0 unspecified atom stereocenters. The number of aromatic nitrogens is 4. The second-order valence-corrected chi connectivity index (χ2v) is 4.45. The molecule has 0 fully saturated rings. The number of nitrogens with zero attached hydrogens (tertiary/aromatic N) is 3. The van der Waals surface area contributed by atoms with E-state index in [9.17, 15) is 4.79 Å². The first-order chi connectivity index (χ1) is 8.56. The Hall–Kier alpha value is -2.11. The number of aryl methyl sites for hydroxylation is 2. The van der Waals surface area contributed by atoms with Crippen LogP contribution in [0.15, 0.2) is 18.6 Å². The van der Waals surface area contributed by atoms with E-state index in [-0.39, 0.29) is 11.9 Å². The first-order valence-electron chi connectivity index (χ1n) is 5.86. The van der Waals surface area contributed by atoms with Crippen molar-refractivity contribution in [3.63, 3.8) is 0 Å². The molecule has 0 bridgehead atoms. The highest BCUT2D eigenvalue weighted by Gasteiger charge is 2.12. The Morgan fingerprint density at radius 3 is 2.89 bits per heavy atom. The van der Waals surface area contributed by atoms with Crippen molar-refractivity contribution in [1.82, 2.24) is 25.1 Å². The van der Waals surface area contributed by atoms with Crippen LogP contribution >= 0.6 is 0 Å². The normalized spacial score (nSPS) is 12.4. The van der Waals surface area contributed by atoms with Crippen molar-refractivity contribution in [2.24, 2.45) is 0 Å². The van der Waals surface area contributed by atoms with E-state index in [2.05, 4.69) is 20.4 Å². The van der Waals surface area contributed by atoms with E-state index in [1.165, 1.54) is 12.5 Å². The van der Waals surface area contributed by atoms with Crippen LogP contribution < -0.4 is 5.32 Å². The number of aromatic amines is 1. The molecule has 96 valence electrons. The Morgan fingerprint density at radius 1 is 1.56 bits per heavy atom. The summed E-state index contributed by atoms with van der Waals surface area (Å²) in [5, 5.41) is 7.26. The quantitative estimate of drug-likeness (QED) is 0.847. The average Bonchev–Trinajstić information content (AvgIpc) is 2.89. The molecular formula is C12H17N5O. The number of rotatable bonds is 4. The second kappa shape index (κ2) is 5.03. The molecule has 0 aromatic carbocycles. The van der Waals surface area contributed by atoms with E-state index in [1.807, 2.05) is 31.5 Å². The van der Waals surface area contributed by atoms with Gasteiger partial charge in [-0.15, -0.1) is 0 Å². The molecule has 6 nitrogen and oxygen atoms in total. The summed E-state index contributed by atoms with van der Waals surface area (Å²) in [6.07, 6.45) is 2.99. The molecule has 0 saturated carbocycles. The molecule has 6 heteroatoms. The lowest BCUT2D eigenvalue weighted by Gasteiger charge is -2.14. The van der Waals surface area contributed by atoms with Crippen LogP contribution in [-0.2, 0) is 6.54 Å². The first-order valence-corrected chi connectivity index (χ1v) is 5.86. The standard InChI is InChI=1S/C12H17N5O/c1-8-4-10(3)17(16-8)6-9(2)15-12(18)11-5-13-7-14-11/h4-5,7,9H,6H2,1-3H3,(H,13,14)(H,15,18)/t9-/m0/s1. The fourth-order valence-electron chi connectivity index (χ4n) is 1.85. The minimum absolute atomic E-state index is 0.00111. The van der Waals surface area contributed by atoms with E-state index in [0.717, 1.165) is 11.4 Å². The van der Waals surface area contributed by atoms with Crippen molar-refractivity contribution >= 4 is 5.91 Å². The predicted octanol–water partition coefficient (Wildman–Crippen LogP) is 1.04. The molecule has 1 atom stereocenters. The zero-order chi connectivity index (χ0) is 13.1. The number of imidazole rings is 1. The Balaban J connectivity index is 1.95. The SMILES string of the molecule is Cc1cc(C)n(C[C@H](C)NC(=O)c2cnc[nH]2)n1. The summed E-state index contributed by atoms with van der Waals surface area (Å²) in [6, 6.07) is 2.02. The van der Waals surface area contributed by atoms with Gasteiger partial charge in [-0.2, -0.15) is 5.10 Å². The molecule has 1 amide bonds. The molecule has 2 aromatic rings. The summed E-state index contributed by atoms with van der Waals surface area (Å²) >= 11 is 0. The molecular weight excluding hydrogens is 230 g/mol. The van der Waals surface area contributed by atoms with E-state index < -0.39 is 0 Å². The third-order valence-corrected chi connectivity index (χ3v) is 2.67. The minimum Gasteiger partial charge on any atom is -0.346 e. The summed E-state index contributed by atoms with van der Waals surface area (Å²) in [6.45, 7) is 6.56. The average molecular weight is 247 g/mol. The topological polar surface area (TPSA) is 75.6 Å². The molecule has 0 saturated heterocycles. The molecule has 2 heterocycles. The van der Waals surface area contributed by atoms with Crippen LogP contribution in [0.3, 0.4) is 0 Å². The maximum atomic E-state index is 11.8. The second-order valence-electron chi connectivity index (χ2n) is 4.45. The Labute approximate surface area is 105 Å². The summed E-state index contributed by atoms with van der Waals surface area (Å²) in [5.74, 6) is -0.151. The van der Waals surface area contributed by atoms with Gasteiger partial charge in [-0.3, -0.25) is 9.48 Å². The number of hydrogen-bond acceptors (Lipinski definition) is 3. The van der Waals surface area contributed by atoms with Crippen molar-refractivity contribution in [2.45, 2.75) is 33.4 Å². The van der Waals surface area contributed by atoms with Gasteiger partial charge in [0, 0.05) is 11.7 Å². The maximum absolute atomic E-state index is 11.8.